The number of halogens is 1. The first-order chi connectivity index (χ1) is 19.3. The van der Waals surface area contributed by atoms with Crippen molar-refractivity contribution in [3.8, 4) is 11.5 Å². The Kier molecular flexibility index (Phi) is 6.98. The van der Waals surface area contributed by atoms with Gasteiger partial charge < -0.3 is 14.6 Å². The molecule has 4 aromatic rings. The Morgan fingerprint density at radius 2 is 1.95 bits per heavy atom. The summed E-state index contributed by atoms with van der Waals surface area (Å²) in [7, 11) is 0. The zero-order valence-electron chi connectivity index (χ0n) is 22.0. The number of nitrogens with zero attached hydrogens (tertiary/aromatic N) is 2. The number of aromatic nitrogens is 1. The van der Waals surface area contributed by atoms with Crippen molar-refractivity contribution in [3.63, 3.8) is 0 Å². The van der Waals surface area contributed by atoms with E-state index in [0.29, 0.717) is 45.6 Å². The zero-order valence-corrected chi connectivity index (χ0v) is 23.6. The van der Waals surface area contributed by atoms with Gasteiger partial charge in [0, 0.05) is 17.0 Å². The highest BCUT2D eigenvalue weighted by molar-refractivity contribution is 7.22. The van der Waals surface area contributed by atoms with Gasteiger partial charge >= 0.3 is 5.91 Å². The summed E-state index contributed by atoms with van der Waals surface area (Å²) in [5.41, 5.74) is 2.72. The number of ether oxygens (including phenoxy) is 2. The highest BCUT2D eigenvalue weighted by Crippen LogP contribution is 2.45. The van der Waals surface area contributed by atoms with Gasteiger partial charge in [0.05, 0.1) is 28.4 Å². The van der Waals surface area contributed by atoms with E-state index in [-0.39, 0.29) is 17.4 Å². The van der Waals surface area contributed by atoms with E-state index in [1.54, 1.807) is 30.3 Å². The predicted molar refractivity (Wildman–Crippen MR) is 156 cm³/mol. The molecule has 7 nitrogen and oxygen atoms in total. The van der Waals surface area contributed by atoms with E-state index >= 15 is 0 Å². The van der Waals surface area contributed by atoms with Crippen LogP contribution in [0.2, 0.25) is 5.02 Å². The molecule has 0 aliphatic carbocycles. The Labute approximate surface area is 240 Å². The summed E-state index contributed by atoms with van der Waals surface area (Å²) in [5.74, 6) is -0.309. The number of aliphatic hydroxyl groups excluding tert-OH is 1. The lowest BCUT2D eigenvalue weighted by molar-refractivity contribution is -0.132. The molecule has 0 bridgehead atoms. The third-order valence-electron chi connectivity index (χ3n) is 7.12. The minimum atomic E-state index is -0.885. The highest BCUT2D eigenvalue weighted by atomic mass is 35.5. The zero-order chi connectivity index (χ0) is 28.0. The number of carbonyl (C=O) groups excluding carboxylic acids is 2. The Bertz CT molecular complexity index is 1660. The standard InChI is InChI=1S/C31H27ClN2O5S/c1-3-4-13-38-22-9-5-18(6-10-22)27-26(28(35)19-7-12-24-20(15-19)14-17(2)39-24)29(36)30(37)34(27)31-33-23-11-8-21(32)16-25(23)40-31/h5-12,15-17,27,35H,3-4,13-14H2,1-2H3/b28-26+. The van der Waals surface area contributed by atoms with E-state index in [9.17, 15) is 14.7 Å². The van der Waals surface area contributed by atoms with Crippen molar-refractivity contribution < 1.29 is 24.2 Å². The number of unbranched alkanes of at least 4 members (excludes halogenated alkanes) is 1. The number of hydrogen-bond donors (Lipinski definition) is 1. The normalized spacial score (nSPS) is 19.7. The van der Waals surface area contributed by atoms with Crippen molar-refractivity contribution in [1.29, 1.82) is 0 Å². The van der Waals surface area contributed by atoms with Crippen molar-refractivity contribution in [3.05, 3.63) is 87.9 Å². The van der Waals surface area contributed by atoms with Gasteiger partial charge in [0.25, 0.3) is 5.78 Å². The number of anilines is 1. The maximum Gasteiger partial charge on any atom is 0.301 e. The fourth-order valence-electron chi connectivity index (χ4n) is 5.14. The second kappa shape index (κ2) is 10.6. The average Bonchev–Trinajstić information content (AvgIpc) is 3.60. The third-order valence-corrected chi connectivity index (χ3v) is 8.37. The fraction of sp³-hybridized carbons (Fsp3) is 0.258. The summed E-state index contributed by atoms with van der Waals surface area (Å²) in [6.45, 7) is 4.68. The van der Waals surface area contributed by atoms with Crippen molar-refractivity contribution >= 4 is 55.7 Å². The molecule has 1 amide bonds. The first-order valence-corrected chi connectivity index (χ1v) is 14.4. The number of amides is 1. The topological polar surface area (TPSA) is 89.0 Å². The lowest BCUT2D eigenvalue weighted by Gasteiger charge is -2.23. The molecule has 1 N–H and O–H groups in total. The smallest absolute Gasteiger partial charge is 0.301 e. The van der Waals surface area contributed by atoms with Crippen molar-refractivity contribution in [1.82, 2.24) is 4.98 Å². The number of fused-ring (bicyclic) bond motifs is 2. The summed E-state index contributed by atoms with van der Waals surface area (Å²) in [4.78, 5) is 33.2. The third kappa shape index (κ3) is 4.71. The summed E-state index contributed by atoms with van der Waals surface area (Å²) in [6, 6.07) is 17.0. The minimum absolute atomic E-state index is 0.00820. The van der Waals surface area contributed by atoms with Gasteiger partial charge in [-0.05, 0) is 73.0 Å². The molecule has 40 heavy (non-hydrogen) atoms. The molecule has 0 saturated carbocycles. The molecule has 2 unspecified atom stereocenters. The van der Waals surface area contributed by atoms with Gasteiger partial charge in [-0.3, -0.25) is 14.5 Å². The molecule has 1 fully saturated rings. The molecule has 9 heteroatoms. The van der Waals surface area contributed by atoms with Crippen LogP contribution in [-0.2, 0) is 16.0 Å². The fourth-order valence-corrected chi connectivity index (χ4v) is 6.41. The van der Waals surface area contributed by atoms with Crippen LogP contribution in [0.15, 0.2) is 66.2 Å². The first-order valence-electron chi connectivity index (χ1n) is 13.2. The number of hydrogen-bond acceptors (Lipinski definition) is 7. The van der Waals surface area contributed by atoms with Crippen LogP contribution >= 0.6 is 22.9 Å². The molecule has 1 saturated heterocycles. The van der Waals surface area contributed by atoms with Crippen LogP contribution in [0.3, 0.4) is 0 Å². The minimum Gasteiger partial charge on any atom is -0.507 e. The van der Waals surface area contributed by atoms with Crippen LogP contribution in [0.5, 0.6) is 11.5 Å². The maximum atomic E-state index is 13.6. The van der Waals surface area contributed by atoms with Crippen molar-refractivity contribution in [2.24, 2.45) is 0 Å². The second-order valence-electron chi connectivity index (χ2n) is 10.0. The highest BCUT2D eigenvalue weighted by Gasteiger charge is 2.48. The van der Waals surface area contributed by atoms with Gasteiger partial charge in [-0.15, -0.1) is 0 Å². The molecule has 3 heterocycles. The van der Waals surface area contributed by atoms with Crippen LogP contribution in [0.25, 0.3) is 16.0 Å². The molecule has 2 aliphatic rings. The van der Waals surface area contributed by atoms with E-state index in [4.69, 9.17) is 21.1 Å². The quantitative estimate of drug-likeness (QED) is 0.110. The van der Waals surface area contributed by atoms with E-state index in [1.165, 1.54) is 16.2 Å². The molecular formula is C31H27ClN2O5S. The van der Waals surface area contributed by atoms with Gasteiger partial charge in [-0.1, -0.05) is 48.4 Å². The van der Waals surface area contributed by atoms with Gasteiger partial charge in [-0.2, -0.15) is 0 Å². The lowest BCUT2D eigenvalue weighted by atomic mass is 9.94. The Morgan fingerprint density at radius 1 is 1.15 bits per heavy atom. The maximum absolute atomic E-state index is 13.6. The summed E-state index contributed by atoms with van der Waals surface area (Å²) in [6.07, 6.45) is 2.69. The molecule has 3 aromatic carbocycles. The second-order valence-corrected chi connectivity index (χ2v) is 11.4. The Hall–Kier alpha value is -3.88. The largest absolute Gasteiger partial charge is 0.507 e. The number of thiazole rings is 1. The Balaban J connectivity index is 1.47. The molecule has 0 spiro atoms. The van der Waals surface area contributed by atoms with E-state index in [1.807, 2.05) is 37.3 Å². The number of aliphatic hydroxyl groups is 1. The van der Waals surface area contributed by atoms with Crippen molar-refractivity contribution in [2.45, 2.75) is 45.3 Å². The number of ketones is 1. The van der Waals surface area contributed by atoms with Gasteiger partial charge in [0.2, 0.25) is 0 Å². The van der Waals surface area contributed by atoms with E-state index in [2.05, 4.69) is 11.9 Å². The summed E-state index contributed by atoms with van der Waals surface area (Å²) in [5, 5.41) is 12.5. The number of rotatable bonds is 7. The summed E-state index contributed by atoms with van der Waals surface area (Å²) < 4.78 is 12.4. The number of carbonyl (C=O) groups is 2. The molecule has 2 aliphatic heterocycles. The SMILES string of the molecule is CCCCOc1ccc(C2/C(=C(\O)c3ccc4c(c3)CC(C)O4)C(=O)C(=O)N2c2nc3ccc(Cl)cc3s2)cc1. The predicted octanol–water partition coefficient (Wildman–Crippen LogP) is 7.08. The molecule has 204 valence electrons. The first kappa shape index (κ1) is 26.3. The van der Waals surface area contributed by atoms with Crippen LogP contribution in [0.4, 0.5) is 5.13 Å². The average molecular weight is 575 g/mol. The van der Waals surface area contributed by atoms with Crippen LogP contribution in [-0.4, -0.2) is 34.5 Å². The van der Waals surface area contributed by atoms with E-state index in [0.717, 1.165) is 28.9 Å². The Morgan fingerprint density at radius 3 is 2.73 bits per heavy atom. The lowest BCUT2D eigenvalue weighted by Crippen LogP contribution is -2.29. The van der Waals surface area contributed by atoms with Crippen LogP contribution in [0, 0.1) is 0 Å². The van der Waals surface area contributed by atoms with Gasteiger partial charge in [0.15, 0.2) is 5.13 Å². The molecule has 0 radical (unpaired) electrons. The molecule has 6 rings (SSSR count). The number of benzene rings is 3. The van der Waals surface area contributed by atoms with Crippen LogP contribution in [0.1, 0.15) is 49.4 Å². The molecular weight excluding hydrogens is 548 g/mol. The van der Waals surface area contributed by atoms with Crippen molar-refractivity contribution in [2.75, 3.05) is 11.5 Å². The monoisotopic (exact) mass is 574 g/mol. The van der Waals surface area contributed by atoms with Crippen LogP contribution < -0.4 is 14.4 Å². The number of Topliss-reactive ketones (excluding diaryl/α,β-unsaturated/α-hetero) is 1. The summed E-state index contributed by atoms with van der Waals surface area (Å²) >= 11 is 7.46. The molecule has 1 aromatic heterocycles. The molecule has 2 atom stereocenters. The van der Waals surface area contributed by atoms with E-state index < -0.39 is 17.7 Å². The van der Waals surface area contributed by atoms with Gasteiger partial charge in [0.1, 0.15) is 23.4 Å². The van der Waals surface area contributed by atoms with Gasteiger partial charge in [-0.25, -0.2) is 4.98 Å².